The Morgan fingerprint density at radius 1 is 1.18 bits per heavy atom. The zero-order valence-electron chi connectivity index (χ0n) is 21.9. The number of nitrogens with zero attached hydrogens (tertiary/aromatic N) is 3. The highest BCUT2D eigenvalue weighted by atomic mass is 19.1. The third-order valence-corrected chi connectivity index (χ3v) is 6.90. The number of H-pyrrole nitrogens is 1. The molecule has 0 unspecified atom stereocenters. The van der Waals surface area contributed by atoms with Gasteiger partial charge >= 0.3 is 0 Å². The average Bonchev–Trinajstić information content (AvgIpc) is 3.57. The van der Waals surface area contributed by atoms with Crippen LogP contribution in [0.1, 0.15) is 27.4 Å². The molecule has 1 atom stereocenters. The maximum Gasteiger partial charge on any atom is 0.286 e. The van der Waals surface area contributed by atoms with Gasteiger partial charge in [0.25, 0.3) is 5.91 Å². The maximum atomic E-state index is 14.9. The number of nitrogens with two attached hydrogens (primary N) is 1. The Balaban J connectivity index is 1.14. The van der Waals surface area contributed by atoms with E-state index < -0.39 is 11.9 Å². The molecule has 0 saturated carbocycles. The summed E-state index contributed by atoms with van der Waals surface area (Å²) in [6, 6.07) is 8.98. The van der Waals surface area contributed by atoms with Gasteiger partial charge in [-0.2, -0.15) is 0 Å². The summed E-state index contributed by atoms with van der Waals surface area (Å²) < 4.78 is 26.4. The first kappa shape index (κ1) is 26.4. The number of pyridine rings is 1. The summed E-state index contributed by atoms with van der Waals surface area (Å²) in [6.45, 7) is 4.82. The normalized spacial score (nSPS) is 14.9. The number of aromatic nitrogens is 2. The number of carbonyl (C=O) groups excluding carboxylic acids is 2. The molecule has 4 N–H and O–H groups in total. The van der Waals surface area contributed by atoms with Gasteiger partial charge in [-0.05, 0) is 54.8 Å². The molecule has 1 fully saturated rings. The van der Waals surface area contributed by atoms with Gasteiger partial charge in [-0.25, -0.2) is 9.37 Å². The predicted molar refractivity (Wildman–Crippen MR) is 143 cm³/mol. The van der Waals surface area contributed by atoms with Gasteiger partial charge in [0.15, 0.2) is 17.3 Å². The van der Waals surface area contributed by atoms with E-state index in [1.807, 2.05) is 13.1 Å². The molecule has 0 bridgehead atoms. The fourth-order valence-corrected chi connectivity index (χ4v) is 4.77. The first-order valence-electron chi connectivity index (χ1n) is 12.8. The number of carbonyl (C=O) groups is 2. The lowest BCUT2D eigenvalue weighted by Crippen LogP contribution is -2.53. The minimum Gasteiger partial charge on any atom is -0.455 e. The van der Waals surface area contributed by atoms with Crippen LogP contribution in [0.2, 0.25) is 0 Å². The van der Waals surface area contributed by atoms with Crippen molar-refractivity contribution in [2.45, 2.75) is 25.9 Å². The summed E-state index contributed by atoms with van der Waals surface area (Å²) >= 11 is 0. The first-order valence-corrected chi connectivity index (χ1v) is 12.8. The summed E-state index contributed by atoms with van der Waals surface area (Å²) in [5, 5.41) is 3.33. The second-order valence-corrected chi connectivity index (χ2v) is 9.63. The number of fused-ring (bicyclic) bond motifs is 1. The van der Waals surface area contributed by atoms with Crippen molar-refractivity contribution >= 4 is 22.8 Å². The SMILES string of the molecule is CNC(=O)c1ccc(CN2CCN(C(=O)[C@@H](N)Cc3ccc(Oc4ccnc5[nH]cc(C)c45)c(F)c3)CC2)o1. The van der Waals surface area contributed by atoms with E-state index in [1.54, 1.807) is 48.5 Å². The molecule has 1 aliphatic heterocycles. The monoisotopic (exact) mass is 534 g/mol. The van der Waals surface area contributed by atoms with Crippen LogP contribution in [0, 0.1) is 12.7 Å². The van der Waals surface area contributed by atoms with Crippen LogP contribution in [-0.4, -0.2) is 70.9 Å². The van der Waals surface area contributed by atoms with Crippen molar-refractivity contribution < 1.29 is 23.1 Å². The Morgan fingerprint density at radius 2 is 1.97 bits per heavy atom. The highest BCUT2D eigenvalue weighted by Gasteiger charge is 2.26. The van der Waals surface area contributed by atoms with Crippen LogP contribution in [0.25, 0.3) is 11.0 Å². The van der Waals surface area contributed by atoms with Crippen molar-refractivity contribution in [1.29, 1.82) is 0 Å². The van der Waals surface area contributed by atoms with Crippen molar-refractivity contribution in [3.63, 3.8) is 0 Å². The van der Waals surface area contributed by atoms with Gasteiger partial charge in [-0.1, -0.05) is 6.07 Å². The number of aromatic amines is 1. The number of aryl methyl sites for hydroxylation is 1. The number of halogens is 1. The minimum absolute atomic E-state index is 0.0851. The molecule has 11 heteroatoms. The van der Waals surface area contributed by atoms with Gasteiger partial charge in [0.2, 0.25) is 5.91 Å². The van der Waals surface area contributed by atoms with Crippen LogP contribution in [0.15, 0.2) is 53.2 Å². The molecule has 3 aromatic heterocycles. The molecule has 204 valence electrons. The third-order valence-electron chi connectivity index (χ3n) is 6.90. The highest BCUT2D eigenvalue weighted by molar-refractivity contribution is 5.91. The van der Waals surface area contributed by atoms with Gasteiger partial charge in [-0.15, -0.1) is 0 Å². The van der Waals surface area contributed by atoms with Crippen molar-refractivity contribution in [3.8, 4) is 11.5 Å². The van der Waals surface area contributed by atoms with E-state index in [9.17, 15) is 14.0 Å². The maximum absolute atomic E-state index is 14.9. The average molecular weight is 535 g/mol. The first-order chi connectivity index (χ1) is 18.8. The van der Waals surface area contributed by atoms with E-state index in [0.29, 0.717) is 55.4 Å². The van der Waals surface area contributed by atoms with Gasteiger partial charge in [0.05, 0.1) is 18.0 Å². The quantitative estimate of drug-likeness (QED) is 0.317. The topological polar surface area (TPSA) is 130 Å². The zero-order chi connectivity index (χ0) is 27.5. The van der Waals surface area contributed by atoms with Crippen LogP contribution < -0.4 is 15.8 Å². The number of nitrogens with one attached hydrogen (secondary N) is 2. The van der Waals surface area contributed by atoms with Crippen molar-refractivity contribution in [2.24, 2.45) is 5.73 Å². The lowest BCUT2D eigenvalue weighted by atomic mass is 10.0. The Bertz CT molecular complexity index is 1490. The molecule has 39 heavy (non-hydrogen) atoms. The van der Waals surface area contributed by atoms with E-state index >= 15 is 0 Å². The zero-order valence-corrected chi connectivity index (χ0v) is 21.9. The number of ether oxygens (including phenoxy) is 1. The number of hydrogen-bond donors (Lipinski definition) is 3. The lowest BCUT2D eigenvalue weighted by Gasteiger charge is -2.35. The molecule has 2 amide bonds. The molecule has 10 nitrogen and oxygen atoms in total. The van der Waals surface area contributed by atoms with Crippen LogP contribution in [-0.2, 0) is 17.8 Å². The largest absolute Gasteiger partial charge is 0.455 e. The molecule has 1 aromatic carbocycles. The summed E-state index contributed by atoms with van der Waals surface area (Å²) in [5.41, 5.74) is 8.47. The lowest BCUT2D eigenvalue weighted by molar-refractivity contribution is -0.134. The van der Waals surface area contributed by atoms with E-state index in [1.165, 1.54) is 6.07 Å². The van der Waals surface area contributed by atoms with Crippen molar-refractivity contribution in [1.82, 2.24) is 25.1 Å². The summed E-state index contributed by atoms with van der Waals surface area (Å²) in [5.74, 6) is 0.588. The number of benzene rings is 1. The van der Waals surface area contributed by atoms with Crippen LogP contribution >= 0.6 is 0 Å². The molecule has 0 spiro atoms. The van der Waals surface area contributed by atoms with Crippen molar-refractivity contribution in [2.75, 3.05) is 33.2 Å². The Hall–Kier alpha value is -4.22. The minimum atomic E-state index is -0.787. The van der Waals surface area contributed by atoms with E-state index in [-0.39, 0.29) is 29.7 Å². The van der Waals surface area contributed by atoms with Crippen LogP contribution in [0.5, 0.6) is 11.5 Å². The molecule has 1 saturated heterocycles. The van der Waals surface area contributed by atoms with E-state index in [4.69, 9.17) is 14.9 Å². The number of piperazine rings is 1. The van der Waals surface area contributed by atoms with Gasteiger partial charge in [0, 0.05) is 45.6 Å². The van der Waals surface area contributed by atoms with Crippen LogP contribution in [0.3, 0.4) is 0 Å². The van der Waals surface area contributed by atoms with E-state index in [2.05, 4.69) is 20.2 Å². The molecular weight excluding hydrogens is 503 g/mol. The second kappa shape index (κ2) is 11.3. The Labute approximate surface area is 224 Å². The van der Waals surface area contributed by atoms with Gasteiger partial charge in [0.1, 0.15) is 17.2 Å². The summed E-state index contributed by atoms with van der Waals surface area (Å²) in [7, 11) is 1.55. The molecule has 1 aliphatic rings. The molecule has 4 heterocycles. The van der Waals surface area contributed by atoms with E-state index in [0.717, 1.165) is 10.9 Å². The molecule has 4 aromatic rings. The van der Waals surface area contributed by atoms with Gasteiger partial charge < -0.3 is 30.1 Å². The number of hydrogen-bond acceptors (Lipinski definition) is 7. The molecule has 0 aliphatic carbocycles. The Kier molecular flexibility index (Phi) is 7.62. The fourth-order valence-electron chi connectivity index (χ4n) is 4.77. The number of rotatable bonds is 8. The molecular formula is C28H31FN6O4. The van der Waals surface area contributed by atoms with Gasteiger partial charge in [-0.3, -0.25) is 14.5 Å². The third kappa shape index (κ3) is 5.79. The smallest absolute Gasteiger partial charge is 0.286 e. The summed E-state index contributed by atoms with van der Waals surface area (Å²) in [6.07, 6.45) is 3.64. The number of furan rings is 1. The summed E-state index contributed by atoms with van der Waals surface area (Å²) in [4.78, 5) is 35.9. The fraction of sp³-hybridized carbons (Fsp3) is 0.321. The van der Waals surface area contributed by atoms with Crippen molar-refractivity contribution in [3.05, 3.63) is 77.3 Å². The second-order valence-electron chi connectivity index (χ2n) is 9.63. The predicted octanol–water partition coefficient (Wildman–Crippen LogP) is 2.97. The molecule has 0 radical (unpaired) electrons. The van der Waals surface area contributed by atoms with Crippen LogP contribution in [0.4, 0.5) is 4.39 Å². The number of amides is 2. The molecule has 5 rings (SSSR count). The Morgan fingerprint density at radius 3 is 2.72 bits per heavy atom. The highest BCUT2D eigenvalue weighted by Crippen LogP contribution is 2.32. The standard InChI is InChI=1S/C28H31FN6O4/c1-17-15-33-26-25(17)23(7-8-32-26)39-22-5-3-18(13-20(22)29)14-21(30)28(37)35-11-9-34(10-12-35)16-19-4-6-24(38-19)27(36)31-2/h3-8,13,15,21H,9-12,14,16,30H2,1-2H3,(H,31,36)(H,32,33)/t21-/m0/s1.